The van der Waals surface area contributed by atoms with Gasteiger partial charge in [-0.3, -0.25) is 0 Å². The molecule has 0 bridgehead atoms. The summed E-state index contributed by atoms with van der Waals surface area (Å²) in [6, 6.07) is 11.2. The van der Waals surface area contributed by atoms with Crippen molar-refractivity contribution in [3.8, 4) is 0 Å². The molecule has 0 radical (unpaired) electrons. The van der Waals surface area contributed by atoms with Crippen LogP contribution in [0.2, 0.25) is 5.02 Å². The van der Waals surface area contributed by atoms with E-state index < -0.39 is 14.2 Å². The number of aryl methyl sites for hydroxylation is 2. The van der Waals surface area contributed by atoms with Gasteiger partial charge in [-0.25, -0.2) is 0 Å². The second kappa shape index (κ2) is 6.97. The Morgan fingerprint density at radius 3 is 2.42 bits per heavy atom. The maximum absolute atomic E-state index is 12.8. The molecular weight excluding hydrogens is 419 g/mol. The van der Waals surface area contributed by atoms with E-state index in [2.05, 4.69) is 5.32 Å². The van der Waals surface area contributed by atoms with Gasteiger partial charge in [-0.2, -0.15) is 0 Å². The summed E-state index contributed by atoms with van der Waals surface area (Å²) < 4.78 is 31.6. The number of aromatic nitrogens is 1. The second-order valence-corrected chi connectivity index (χ2v) is 9.73. The van der Waals surface area contributed by atoms with Gasteiger partial charge in [0.15, 0.2) is 0 Å². The summed E-state index contributed by atoms with van der Waals surface area (Å²) in [5.74, 6) is -0.286. The first-order valence-electron chi connectivity index (χ1n) is 7.98. The van der Waals surface area contributed by atoms with E-state index >= 15 is 0 Å². The predicted molar refractivity (Wildman–Crippen MR) is 102 cm³/mol. The molecule has 0 aliphatic heterocycles. The molecule has 136 valence electrons. The van der Waals surface area contributed by atoms with Crippen LogP contribution in [0.4, 0.5) is 5.69 Å². The molecule has 0 saturated carbocycles. The van der Waals surface area contributed by atoms with Crippen LogP contribution in [-0.2, 0) is 10.3 Å². The monoisotopic (exact) mass is 436 g/mol. The minimum absolute atomic E-state index is 0.0328. The van der Waals surface area contributed by atoms with E-state index in [1.807, 2.05) is 30.5 Å². The average Bonchev–Trinajstić information content (AvgIpc) is 2.86. The molecule has 0 unspecified atom stereocenters. The van der Waals surface area contributed by atoms with Gasteiger partial charge in [-0.1, -0.05) is 0 Å². The summed E-state index contributed by atoms with van der Waals surface area (Å²) in [6.07, 6.45) is 0. The van der Waals surface area contributed by atoms with Gasteiger partial charge in [0, 0.05) is 0 Å². The van der Waals surface area contributed by atoms with Crippen molar-refractivity contribution in [3.63, 3.8) is 0 Å². The Hall–Kier alpha value is -1.98. The van der Waals surface area contributed by atoms with Crippen molar-refractivity contribution in [2.45, 2.75) is 20.4 Å². The molecule has 0 aliphatic carbocycles. The first-order chi connectivity index (χ1) is 12.2. The molecule has 3 rings (SSSR count). The summed E-state index contributed by atoms with van der Waals surface area (Å²) in [5.41, 5.74) is 2.76. The number of carbonyl (C=O) groups excluding carboxylic acids is 1. The van der Waals surface area contributed by atoms with Gasteiger partial charge in [0.25, 0.3) is 0 Å². The van der Waals surface area contributed by atoms with Gasteiger partial charge in [-0.15, -0.1) is 0 Å². The zero-order valence-corrected chi connectivity index (χ0v) is 16.9. The van der Waals surface area contributed by atoms with Gasteiger partial charge >= 0.3 is 158 Å². The third-order valence-electron chi connectivity index (χ3n) is 4.27. The Labute approximate surface area is 158 Å². The van der Waals surface area contributed by atoms with Crippen LogP contribution in [0, 0.1) is 6.92 Å². The van der Waals surface area contributed by atoms with Crippen LogP contribution < -0.4 is 9.67 Å². The van der Waals surface area contributed by atoms with Crippen LogP contribution in [0.25, 0.3) is 10.9 Å². The molecule has 6 nitrogen and oxygen atoms in total. The fourth-order valence-electron chi connectivity index (χ4n) is 3.05. The standard InChI is InChI=1S/C18H18AsClN2O4/c1-3-22-16-9-6-13(20)10-15(16)11(2)17(22)18(23)21-14-7-4-12(5-8-14)19(24,25)26/h4-10H,3H2,1-2H3,(H,21,23)(H2,24,25,26). The molecule has 0 spiro atoms. The SMILES string of the molecule is CCn1c(C(=O)Nc2ccc([As](=O)(O)O)cc2)c(C)c2cc(Cl)ccc21. The number of fused-ring (bicyclic) bond motifs is 1. The van der Waals surface area contributed by atoms with Crippen molar-refractivity contribution in [2.24, 2.45) is 0 Å². The van der Waals surface area contributed by atoms with Gasteiger partial charge in [-0.05, 0) is 0 Å². The van der Waals surface area contributed by atoms with E-state index in [1.54, 1.807) is 6.07 Å². The van der Waals surface area contributed by atoms with Crippen LogP contribution in [0.15, 0.2) is 42.5 Å². The first-order valence-corrected chi connectivity index (χ1v) is 11.7. The molecule has 2 aromatic carbocycles. The van der Waals surface area contributed by atoms with Crippen molar-refractivity contribution < 1.29 is 16.7 Å². The van der Waals surface area contributed by atoms with E-state index in [1.165, 1.54) is 24.3 Å². The Balaban J connectivity index is 1.98. The number of hydrogen-bond acceptors (Lipinski definition) is 2. The molecule has 3 aromatic rings. The zero-order valence-electron chi connectivity index (χ0n) is 14.2. The number of hydrogen-bond donors (Lipinski definition) is 3. The Morgan fingerprint density at radius 2 is 1.85 bits per heavy atom. The molecule has 0 saturated heterocycles. The zero-order chi connectivity index (χ0) is 19.1. The second-order valence-electron chi connectivity index (χ2n) is 5.92. The summed E-state index contributed by atoms with van der Waals surface area (Å²) >= 11 is 1.15. The minimum atomic E-state index is -4.93. The third-order valence-corrected chi connectivity index (χ3v) is 6.54. The van der Waals surface area contributed by atoms with Crippen LogP contribution in [0.5, 0.6) is 0 Å². The summed E-state index contributed by atoms with van der Waals surface area (Å²) in [5, 5.41) is 4.32. The Kier molecular flexibility index (Phi) is 5.04. The Morgan fingerprint density at radius 1 is 1.19 bits per heavy atom. The molecule has 0 atom stereocenters. The molecule has 1 amide bonds. The van der Waals surface area contributed by atoms with Crippen molar-refractivity contribution >= 4 is 52.6 Å². The topological polar surface area (TPSA) is 91.6 Å². The van der Waals surface area contributed by atoms with Crippen molar-refractivity contribution in [1.82, 2.24) is 4.57 Å². The fourth-order valence-corrected chi connectivity index (χ4v) is 4.34. The summed E-state index contributed by atoms with van der Waals surface area (Å²) in [4.78, 5) is 12.8. The van der Waals surface area contributed by atoms with Crippen molar-refractivity contribution in [3.05, 3.63) is 58.7 Å². The molecule has 0 fully saturated rings. The van der Waals surface area contributed by atoms with E-state index in [0.29, 0.717) is 22.9 Å². The van der Waals surface area contributed by atoms with Crippen LogP contribution in [0.1, 0.15) is 23.0 Å². The van der Waals surface area contributed by atoms with E-state index in [-0.39, 0.29) is 10.3 Å². The van der Waals surface area contributed by atoms with Gasteiger partial charge < -0.3 is 0 Å². The van der Waals surface area contributed by atoms with Gasteiger partial charge in [0.05, 0.1) is 0 Å². The molecule has 0 aliphatic rings. The number of nitrogens with zero attached hydrogens (tertiary/aromatic N) is 1. The molecule has 1 aromatic heterocycles. The molecule has 3 N–H and O–H groups in total. The predicted octanol–water partition coefficient (Wildman–Crippen LogP) is 2.44. The molecular formula is C18H18AsClN2O4. The number of amides is 1. The number of nitrogens with one attached hydrogen (secondary N) is 1. The van der Waals surface area contributed by atoms with Crippen LogP contribution in [-0.4, -0.2) is 32.8 Å². The number of benzene rings is 2. The van der Waals surface area contributed by atoms with Crippen molar-refractivity contribution in [2.75, 3.05) is 5.32 Å². The molecule has 8 heteroatoms. The quantitative estimate of drug-likeness (QED) is 0.548. The third kappa shape index (κ3) is 3.46. The molecule has 1 heterocycles. The maximum atomic E-state index is 12.8. The van der Waals surface area contributed by atoms with E-state index in [0.717, 1.165) is 16.5 Å². The fraction of sp³-hybridized carbons (Fsp3) is 0.167. The Bertz CT molecular complexity index is 1040. The number of rotatable bonds is 4. The number of anilines is 1. The molecule has 26 heavy (non-hydrogen) atoms. The van der Waals surface area contributed by atoms with Gasteiger partial charge in [0.1, 0.15) is 0 Å². The first kappa shape index (κ1) is 18.8. The summed E-state index contributed by atoms with van der Waals surface area (Å²) in [7, 11) is 0. The van der Waals surface area contributed by atoms with Crippen molar-refractivity contribution in [1.29, 1.82) is 0 Å². The van der Waals surface area contributed by atoms with Crippen LogP contribution in [0.3, 0.4) is 0 Å². The average molecular weight is 437 g/mol. The van der Waals surface area contributed by atoms with Crippen LogP contribution >= 0.6 is 11.6 Å². The number of carbonyl (C=O) groups is 1. The normalized spacial score (nSPS) is 11.7. The van der Waals surface area contributed by atoms with Gasteiger partial charge in [0.2, 0.25) is 0 Å². The van der Waals surface area contributed by atoms with E-state index in [9.17, 15) is 16.7 Å². The van der Waals surface area contributed by atoms with E-state index in [4.69, 9.17) is 11.6 Å². The number of halogens is 1. The summed E-state index contributed by atoms with van der Waals surface area (Å²) in [6.45, 7) is 4.45.